The number of urea groups is 1. The third kappa shape index (κ3) is 4.62. The summed E-state index contributed by atoms with van der Waals surface area (Å²) in [6, 6.07) is 16.3. The molecule has 4 rings (SSSR count). The number of hydrogen-bond acceptors (Lipinski definition) is 3. The van der Waals surface area contributed by atoms with Crippen molar-refractivity contribution in [1.29, 1.82) is 0 Å². The fourth-order valence-electron chi connectivity index (χ4n) is 4.04. The molecule has 2 aromatic carbocycles. The molecule has 158 valence electrons. The molecule has 0 aromatic heterocycles. The predicted octanol–water partition coefficient (Wildman–Crippen LogP) is 2.45. The van der Waals surface area contributed by atoms with Gasteiger partial charge in [-0.05, 0) is 24.1 Å². The number of para-hydroxylation sites is 1. The normalized spacial score (nSPS) is 17.6. The number of benzene rings is 2. The minimum Gasteiger partial charge on any atom is -0.339 e. The molecule has 6 nitrogen and oxygen atoms in total. The van der Waals surface area contributed by atoms with Crippen LogP contribution in [0.4, 0.5) is 14.9 Å². The molecule has 0 aliphatic carbocycles. The third-order valence-electron chi connectivity index (χ3n) is 5.85. The lowest BCUT2D eigenvalue weighted by molar-refractivity contribution is -0.133. The van der Waals surface area contributed by atoms with Gasteiger partial charge in [0.2, 0.25) is 5.91 Å². The summed E-state index contributed by atoms with van der Waals surface area (Å²) in [5.74, 6) is -0.466. The maximum atomic E-state index is 14.0. The molecule has 7 heteroatoms. The Bertz CT molecular complexity index is 884. The van der Waals surface area contributed by atoms with Crippen molar-refractivity contribution in [2.24, 2.45) is 0 Å². The lowest BCUT2D eigenvalue weighted by Gasteiger charge is -2.35. The summed E-state index contributed by atoms with van der Waals surface area (Å²) in [6.07, 6.45) is 1.00. The van der Waals surface area contributed by atoms with Crippen molar-refractivity contribution in [3.63, 3.8) is 0 Å². The van der Waals surface area contributed by atoms with Crippen LogP contribution in [-0.2, 0) is 11.2 Å². The molecule has 0 N–H and O–H groups in total. The van der Waals surface area contributed by atoms with E-state index in [9.17, 15) is 14.0 Å². The van der Waals surface area contributed by atoms with Gasteiger partial charge in [0.05, 0.1) is 5.69 Å². The third-order valence-corrected chi connectivity index (χ3v) is 5.85. The molecule has 30 heavy (non-hydrogen) atoms. The van der Waals surface area contributed by atoms with Crippen molar-refractivity contribution in [2.75, 3.05) is 57.3 Å². The van der Waals surface area contributed by atoms with E-state index >= 15 is 0 Å². The lowest BCUT2D eigenvalue weighted by atomic mass is 10.1. The average molecular weight is 410 g/mol. The molecule has 2 aliphatic rings. The number of carbonyl (C=O) groups excluding carboxylic acids is 2. The van der Waals surface area contributed by atoms with Gasteiger partial charge in [-0.2, -0.15) is 0 Å². The van der Waals surface area contributed by atoms with Gasteiger partial charge < -0.3 is 9.80 Å². The van der Waals surface area contributed by atoms with Crippen molar-refractivity contribution in [2.45, 2.75) is 6.42 Å². The van der Waals surface area contributed by atoms with Gasteiger partial charge in [-0.25, -0.2) is 9.18 Å². The number of hydrogen-bond donors (Lipinski definition) is 0. The van der Waals surface area contributed by atoms with Gasteiger partial charge in [0.15, 0.2) is 0 Å². The molecular weight excluding hydrogens is 383 g/mol. The second-order valence-electron chi connectivity index (χ2n) is 7.77. The maximum absolute atomic E-state index is 14.0. The minimum atomic E-state index is -0.425. The number of amides is 3. The SMILES string of the molecule is O=C(CN1CCN(c2ccccc2F)C1=O)N1CCN(CCc2ccccc2)CC1. The number of carbonyl (C=O) groups is 2. The van der Waals surface area contributed by atoms with Crippen molar-refractivity contribution >= 4 is 17.6 Å². The Morgan fingerprint density at radius 2 is 1.57 bits per heavy atom. The predicted molar refractivity (Wildman–Crippen MR) is 114 cm³/mol. The number of piperazine rings is 1. The standard InChI is InChI=1S/C23H27FN4O2/c24-20-8-4-5-9-21(20)28-17-16-27(23(28)30)18-22(29)26-14-12-25(13-15-26)11-10-19-6-2-1-3-7-19/h1-9H,10-18H2. The zero-order valence-corrected chi connectivity index (χ0v) is 17.0. The molecule has 0 radical (unpaired) electrons. The fourth-order valence-corrected chi connectivity index (χ4v) is 4.04. The van der Waals surface area contributed by atoms with E-state index in [1.54, 1.807) is 18.2 Å². The molecule has 0 atom stereocenters. The summed E-state index contributed by atoms with van der Waals surface area (Å²) in [6.45, 7) is 4.87. The molecule has 2 aliphatic heterocycles. The molecule has 0 bridgehead atoms. The summed E-state index contributed by atoms with van der Waals surface area (Å²) in [5, 5.41) is 0. The van der Waals surface area contributed by atoms with Crippen LogP contribution < -0.4 is 4.90 Å². The average Bonchev–Trinajstić information content (AvgIpc) is 3.13. The second-order valence-corrected chi connectivity index (χ2v) is 7.77. The monoisotopic (exact) mass is 410 g/mol. The van der Waals surface area contributed by atoms with E-state index < -0.39 is 5.82 Å². The van der Waals surface area contributed by atoms with Crippen LogP contribution in [0, 0.1) is 5.82 Å². The van der Waals surface area contributed by atoms with E-state index in [4.69, 9.17) is 0 Å². The zero-order valence-electron chi connectivity index (χ0n) is 17.0. The molecule has 0 unspecified atom stereocenters. The topological polar surface area (TPSA) is 47.1 Å². The van der Waals surface area contributed by atoms with Crippen LogP contribution in [0.25, 0.3) is 0 Å². The van der Waals surface area contributed by atoms with Crippen molar-refractivity contribution in [3.8, 4) is 0 Å². The molecule has 0 spiro atoms. The summed E-state index contributed by atoms with van der Waals surface area (Å²) in [7, 11) is 0. The Kier molecular flexibility index (Phi) is 6.28. The Labute approximate surface area is 176 Å². The smallest absolute Gasteiger partial charge is 0.325 e. The quantitative estimate of drug-likeness (QED) is 0.735. The number of halogens is 1. The molecule has 2 heterocycles. The number of nitrogens with zero attached hydrogens (tertiary/aromatic N) is 4. The Hall–Kier alpha value is -2.93. The Morgan fingerprint density at radius 3 is 2.30 bits per heavy atom. The summed E-state index contributed by atoms with van der Waals surface area (Å²) in [5.41, 5.74) is 1.59. The van der Waals surface area contributed by atoms with Gasteiger partial charge in [0.25, 0.3) is 0 Å². The van der Waals surface area contributed by atoms with Crippen LogP contribution in [0.5, 0.6) is 0 Å². The van der Waals surface area contributed by atoms with Gasteiger partial charge in [-0.15, -0.1) is 0 Å². The summed E-state index contributed by atoms with van der Waals surface area (Å²) < 4.78 is 14.0. The highest BCUT2D eigenvalue weighted by atomic mass is 19.1. The first kappa shape index (κ1) is 20.3. The first-order valence-electron chi connectivity index (χ1n) is 10.5. The fraction of sp³-hybridized carbons (Fsp3) is 0.391. The summed E-state index contributed by atoms with van der Waals surface area (Å²) in [4.78, 5) is 32.5. The highest BCUT2D eigenvalue weighted by Crippen LogP contribution is 2.23. The van der Waals surface area contributed by atoms with Gasteiger partial charge in [0.1, 0.15) is 12.4 Å². The first-order chi connectivity index (χ1) is 14.6. The van der Waals surface area contributed by atoms with E-state index in [-0.39, 0.29) is 24.2 Å². The van der Waals surface area contributed by atoms with E-state index in [1.807, 2.05) is 11.0 Å². The molecule has 2 saturated heterocycles. The summed E-state index contributed by atoms with van der Waals surface area (Å²) >= 11 is 0. The van der Waals surface area contributed by atoms with E-state index in [0.717, 1.165) is 26.1 Å². The first-order valence-corrected chi connectivity index (χ1v) is 10.5. The maximum Gasteiger partial charge on any atom is 0.325 e. The van der Waals surface area contributed by atoms with Gasteiger partial charge in [-0.1, -0.05) is 42.5 Å². The van der Waals surface area contributed by atoms with Crippen LogP contribution in [-0.4, -0.2) is 79.0 Å². The van der Waals surface area contributed by atoms with Crippen molar-refractivity contribution in [3.05, 3.63) is 66.0 Å². The van der Waals surface area contributed by atoms with Gasteiger partial charge >= 0.3 is 6.03 Å². The number of anilines is 1. The van der Waals surface area contributed by atoms with Gasteiger partial charge in [0, 0.05) is 45.8 Å². The minimum absolute atomic E-state index is 0.0403. The van der Waals surface area contributed by atoms with Crippen molar-refractivity contribution < 1.29 is 14.0 Å². The molecular formula is C23H27FN4O2. The van der Waals surface area contributed by atoms with Crippen LogP contribution in [0.15, 0.2) is 54.6 Å². The highest BCUT2D eigenvalue weighted by molar-refractivity contribution is 5.96. The second kappa shape index (κ2) is 9.26. The molecule has 2 fully saturated rings. The van der Waals surface area contributed by atoms with Gasteiger partial charge in [-0.3, -0.25) is 14.6 Å². The lowest BCUT2D eigenvalue weighted by Crippen LogP contribution is -2.51. The largest absolute Gasteiger partial charge is 0.339 e. The van der Waals surface area contributed by atoms with E-state index in [1.165, 1.54) is 21.4 Å². The Morgan fingerprint density at radius 1 is 0.867 bits per heavy atom. The van der Waals surface area contributed by atoms with Crippen LogP contribution in [0.2, 0.25) is 0 Å². The number of rotatable bonds is 6. The van der Waals surface area contributed by atoms with Crippen LogP contribution >= 0.6 is 0 Å². The van der Waals surface area contributed by atoms with Crippen LogP contribution in [0.1, 0.15) is 5.56 Å². The zero-order chi connectivity index (χ0) is 20.9. The highest BCUT2D eigenvalue weighted by Gasteiger charge is 2.33. The van der Waals surface area contributed by atoms with Crippen LogP contribution in [0.3, 0.4) is 0 Å². The van der Waals surface area contributed by atoms with E-state index in [2.05, 4.69) is 29.2 Å². The molecule has 0 saturated carbocycles. The molecule has 2 aromatic rings. The van der Waals surface area contributed by atoms with E-state index in [0.29, 0.717) is 26.2 Å². The van der Waals surface area contributed by atoms with Crippen molar-refractivity contribution in [1.82, 2.24) is 14.7 Å². The molecule has 3 amide bonds. The Balaban J connectivity index is 1.24.